The molecule has 0 aliphatic carbocycles. The summed E-state index contributed by atoms with van der Waals surface area (Å²) >= 11 is 8.04. The fourth-order valence-electron chi connectivity index (χ4n) is 4.40. The summed E-state index contributed by atoms with van der Waals surface area (Å²) in [5.74, 6) is 1.17. The number of halogens is 1. The zero-order valence-electron chi connectivity index (χ0n) is 19.1. The van der Waals surface area contributed by atoms with Gasteiger partial charge in [-0.3, -0.25) is 0 Å². The average Bonchev–Trinajstić information content (AvgIpc) is 3.28. The predicted molar refractivity (Wildman–Crippen MR) is 150 cm³/mol. The van der Waals surface area contributed by atoms with Crippen LogP contribution in [0.1, 0.15) is 5.56 Å². The van der Waals surface area contributed by atoms with Gasteiger partial charge in [0.1, 0.15) is 5.75 Å². The summed E-state index contributed by atoms with van der Waals surface area (Å²) in [5.41, 5.74) is 3.36. The van der Waals surface area contributed by atoms with Gasteiger partial charge in [0.15, 0.2) is 5.75 Å². The summed E-state index contributed by atoms with van der Waals surface area (Å²) in [5, 5.41) is 12.3. The Hall–Kier alpha value is -4.30. The third kappa shape index (κ3) is 4.16. The van der Waals surface area contributed by atoms with Crippen molar-refractivity contribution in [3.8, 4) is 17.6 Å². The molecule has 0 bridgehead atoms. The molecule has 0 spiro atoms. The monoisotopic (exact) mass is 502 g/mol. The van der Waals surface area contributed by atoms with Gasteiger partial charge < -0.3 is 9.64 Å². The van der Waals surface area contributed by atoms with Crippen molar-refractivity contribution < 1.29 is 4.74 Å². The first kappa shape index (κ1) is 22.2. The minimum absolute atomic E-state index is 0.449. The van der Waals surface area contributed by atoms with Crippen LogP contribution in [0.15, 0.2) is 115 Å². The molecule has 0 amide bonds. The number of hydrogen-bond acceptors (Lipinski definition) is 4. The van der Waals surface area contributed by atoms with E-state index in [1.165, 1.54) is 20.2 Å². The molecule has 172 valence electrons. The van der Waals surface area contributed by atoms with Crippen LogP contribution in [0, 0.1) is 11.3 Å². The van der Waals surface area contributed by atoms with E-state index >= 15 is 0 Å². The lowest BCUT2D eigenvalue weighted by atomic mass is 10.1. The van der Waals surface area contributed by atoms with Gasteiger partial charge in [0.05, 0.1) is 17.3 Å². The minimum atomic E-state index is 0.449. The minimum Gasteiger partial charge on any atom is -0.455 e. The van der Waals surface area contributed by atoms with Gasteiger partial charge in [-0.25, -0.2) is 0 Å². The van der Waals surface area contributed by atoms with Crippen molar-refractivity contribution in [3.63, 3.8) is 0 Å². The third-order valence-corrected chi connectivity index (χ3v) is 7.34. The Bertz CT molecular complexity index is 1750. The first-order valence-corrected chi connectivity index (χ1v) is 12.6. The van der Waals surface area contributed by atoms with Crippen molar-refractivity contribution >= 4 is 60.2 Å². The van der Waals surface area contributed by atoms with E-state index < -0.39 is 0 Å². The Morgan fingerprint density at radius 3 is 2.31 bits per heavy atom. The number of anilines is 3. The quantitative estimate of drug-likeness (QED) is 0.235. The van der Waals surface area contributed by atoms with E-state index in [9.17, 15) is 5.26 Å². The number of ether oxygens (including phenoxy) is 1. The summed E-state index contributed by atoms with van der Waals surface area (Å²) < 4.78 is 8.85. The van der Waals surface area contributed by atoms with Crippen molar-refractivity contribution in [3.05, 3.63) is 126 Å². The lowest BCUT2D eigenvalue weighted by molar-refractivity contribution is 0.483. The lowest BCUT2D eigenvalue weighted by Crippen LogP contribution is -2.10. The van der Waals surface area contributed by atoms with Gasteiger partial charge in [-0.2, -0.15) is 5.26 Å². The van der Waals surface area contributed by atoms with Gasteiger partial charge in [0.2, 0.25) is 0 Å². The Balaban J connectivity index is 1.52. The van der Waals surface area contributed by atoms with Gasteiger partial charge in [-0.1, -0.05) is 60.1 Å². The van der Waals surface area contributed by atoms with Crippen LogP contribution in [0.2, 0.25) is 5.02 Å². The van der Waals surface area contributed by atoms with E-state index in [0.717, 1.165) is 17.1 Å². The summed E-state index contributed by atoms with van der Waals surface area (Å²) in [4.78, 5) is 2.19. The van der Waals surface area contributed by atoms with Crippen molar-refractivity contribution in [2.75, 3.05) is 4.90 Å². The van der Waals surface area contributed by atoms with Gasteiger partial charge >= 0.3 is 0 Å². The molecule has 5 aromatic carbocycles. The molecule has 3 nitrogen and oxygen atoms in total. The molecule has 0 aliphatic heterocycles. The van der Waals surface area contributed by atoms with Crippen LogP contribution in [0.4, 0.5) is 17.1 Å². The lowest BCUT2D eigenvalue weighted by Gasteiger charge is -2.27. The number of para-hydroxylation sites is 3. The topological polar surface area (TPSA) is 36.3 Å². The number of hydrogen-bond donors (Lipinski definition) is 0. The summed E-state index contributed by atoms with van der Waals surface area (Å²) in [6, 6.07) is 40.4. The Labute approximate surface area is 218 Å². The van der Waals surface area contributed by atoms with Crippen molar-refractivity contribution in [1.29, 1.82) is 5.26 Å². The van der Waals surface area contributed by atoms with E-state index in [-0.39, 0.29) is 0 Å². The highest BCUT2D eigenvalue weighted by Crippen LogP contribution is 2.44. The van der Waals surface area contributed by atoms with Crippen LogP contribution in [0.3, 0.4) is 0 Å². The maximum atomic E-state index is 9.37. The third-order valence-electron chi connectivity index (χ3n) is 5.97. The van der Waals surface area contributed by atoms with Gasteiger partial charge in [-0.15, -0.1) is 11.3 Å². The number of nitriles is 1. The smallest absolute Gasteiger partial charge is 0.151 e. The molecule has 0 unspecified atom stereocenters. The molecule has 0 radical (unpaired) electrons. The fourth-order valence-corrected chi connectivity index (χ4v) is 5.71. The number of fused-ring (bicyclic) bond motifs is 3. The van der Waals surface area contributed by atoms with Crippen molar-refractivity contribution in [2.24, 2.45) is 0 Å². The molecule has 0 N–H and O–H groups in total. The van der Waals surface area contributed by atoms with Crippen LogP contribution < -0.4 is 9.64 Å². The second-order valence-electron chi connectivity index (χ2n) is 8.31. The summed E-state index contributed by atoms with van der Waals surface area (Å²) in [7, 11) is 0. The first-order valence-electron chi connectivity index (χ1n) is 11.4. The highest BCUT2D eigenvalue weighted by atomic mass is 35.5. The second-order valence-corrected chi connectivity index (χ2v) is 9.83. The number of rotatable bonds is 5. The average molecular weight is 503 g/mol. The molecule has 0 saturated carbocycles. The molecular weight excluding hydrogens is 484 g/mol. The molecule has 5 heteroatoms. The Morgan fingerprint density at radius 2 is 1.44 bits per heavy atom. The zero-order valence-corrected chi connectivity index (χ0v) is 20.6. The molecule has 1 aromatic heterocycles. The van der Waals surface area contributed by atoms with Crippen LogP contribution in [-0.4, -0.2) is 0 Å². The van der Waals surface area contributed by atoms with E-state index in [1.807, 2.05) is 42.5 Å². The number of benzene rings is 5. The summed E-state index contributed by atoms with van der Waals surface area (Å²) in [6.07, 6.45) is 0. The molecule has 0 atom stereocenters. The predicted octanol–water partition coefficient (Wildman–Crippen LogP) is 9.84. The first-order chi connectivity index (χ1) is 17.7. The Morgan fingerprint density at radius 1 is 0.694 bits per heavy atom. The number of nitrogens with zero attached hydrogens (tertiary/aromatic N) is 2. The molecule has 0 saturated heterocycles. The maximum Gasteiger partial charge on any atom is 0.151 e. The zero-order chi connectivity index (χ0) is 24.5. The highest BCUT2D eigenvalue weighted by molar-refractivity contribution is 7.25. The number of thiophene rings is 1. The molecule has 6 aromatic rings. The highest BCUT2D eigenvalue weighted by Gasteiger charge is 2.18. The standard InChI is InChI=1S/C31H19ClN2OS/c32-22-16-21(20-33)17-25(18-22)35-29-12-6-5-11-28(29)34(23-8-2-1-3-9-23)24-14-15-31-27(19-24)26-10-4-7-13-30(26)36-31/h1-19H. The largest absolute Gasteiger partial charge is 0.455 e. The molecular formula is C31H19ClN2OS. The van der Waals surface area contributed by atoms with Crippen LogP contribution >= 0.6 is 22.9 Å². The molecule has 0 fully saturated rings. The normalized spacial score (nSPS) is 10.9. The molecule has 0 aliphatic rings. The van der Waals surface area contributed by atoms with Gasteiger partial charge in [0, 0.05) is 36.6 Å². The van der Waals surface area contributed by atoms with E-state index in [0.29, 0.717) is 22.1 Å². The van der Waals surface area contributed by atoms with E-state index in [4.69, 9.17) is 16.3 Å². The second kappa shape index (κ2) is 9.39. The van der Waals surface area contributed by atoms with Crippen LogP contribution in [-0.2, 0) is 0 Å². The Kier molecular flexibility index (Phi) is 5.79. The van der Waals surface area contributed by atoms with Crippen LogP contribution in [0.25, 0.3) is 20.2 Å². The molecule has 6 rings (SSSR count). The van der Waals surface area contributed by atoms with Crippen molar-refractivity contribution in [1.82, 2.24) is 0 Å². The van der Waals surface area contributed by atoms with Crippen LogP contribution in [0.5, 0.6) is 11.5 Å². The SMILES string of the molecule is N#Cc1cc(Cl)cc(Oc2ccccc2N(c2ccccc2)c2ccc3sc4ccccc4c3c2)c1. The molecule has 36 heavy (non-hydrogen) atoms. The van der Waals surface area contributed by atoms with E-state index in [1.54, 1.807) is 29.5 Å². The fraction of sp³-hybridized carbons (Fsp3) is 0. The van der Waals surface area contributed by atoms with Gasteiger partial charge in [-0.05, 0) is 66.7 Å². The van der Waals surface area contributed by atoms with Gasteiger partial charge in [0.25, 0.3) is 0 Å². The van der Waals surface area contributed by atoms with E-state index in [2.05, 4.69) is 65.6 Å². The summed E-state index contributed by atoms with van der Waals surface area (Å²) in [6.45, 7) is 0. The maximum absolute atomic E-state index is 9.37. The van der Waals surface area contributed by atoms with Crippen molar-refractivity contribution in [2.45, 2.75) is 0 Å². The molecule has 1 heterocycles.